The molecule has 0 saturated carbocycles. The third-order valence-electron chi connectivity index (χ3n) is 2.78. The summed E-state index contributed by atoms with van der Waals surface area (Å²) >= 11 is 0. The largest absolute Gasteiger partial charge is 0.461 e. The van der Waals surface area contributed by atoms with Crippen LogP contribution in [0.25, 0.3) is 0 Å². The van der Waals surface area contributed by atoms with Crippen LogP contribution in [0.4, 0.5) is 0 Å². The molecule has 0 aliphatic heterocycles. The second-order valence-corrected chi connectivity index (χ2v) is 4.72. The zero-order valence-corrected chi connectivity index (χ0v) is 11.1. The molecule has 3 heteroatoms. The summed E-state index contributed by atoms with van der Waals surface area (Å²) in [5, 5.41) is 0. The van der Waals surface area contributed by atoms with Gasteiger partial charge < -0.3 is 10.5 Å². The lowest BCUT2D eigenvalue weighted by atomic mass is 10.1. The zero-order valence-electron chi connectivity index (χ0n) is 11.1. The van der Waals surface area contributed by atoms with Crippen LogP contribution < -0.4 is 5.73 Å². The molecule has 0 saturated heterocycles. The third kappa shape index (κ3) is 7.07. The van der Waals surface area contributed by atoms with Crippen molar-refractivity contribution < 1.29 is 9.53 Å². The van der Waals surface area contributed by atoms with Crippen molar-refractivity contribution in [1.29, 1.82) is 0 Å². The summed E-state index contributed by atoms with van der Waals surface area (Å²) in [5.41, 5.74) is 6.69. The number of carbonyl (C=O) groups is 1. The van der Waals surface area contributed by atoms with E-state index in [1.54, 1.807) is 0 Å². The normalized spacial score (nSPS) is 12.1. The molecule has 2 N–H and O–H groups in total. The van der Waals surface area contributed by atoms with E-state index < -0.39 is 0 Å². The van der Waals surface area contributed by atoms with Crippen molar-refractivity contribution in [3.05, 3.63) is 35.9 Å². The highest BCUT2D eigenvalue weighted by molar-refractivity contribution is 5.69. The molecule has 1 aromatic rings. The summed E-state index contributed by atoms with van der Waals surface area (Å²) in [7, 11) is 0. The van der Waals surface area contributed by atoms with Gasteiger partial charge in [0.05, 0.1) is 0 Å². The smallest absolute Gasteiger partial charge is 0.306 e. The summed E-state index contributed by atoms with van der Waals surface area (Å²) in [5.74, 6) is -0.111. The maximum atomic E-state index is 11.5. The molecular weight excluding hydrogens is 226 g/mol. The number of benzene rings is 1. The average Bonchev–Trinajstić information content (AvgIpc) is 2.37. The molecule has 0 heterocycles. The SMILES string of the molecule is CC(N)CCCCCC(=O)OCc1ccccc1. The van der Waals surface area contributed by atoms with Crippen LogP contribution in [0.2, 0.25) is 0 Å². The van der Waals surface area contributed by atoms with Gasteiger partial charge in [0.15, 0.2) is 0 Å². The number of carbonyl (C=O) groups excluding carboxylic acids is 1. The van der Waals surface area contributed by atoms with E-state index in [9.17, 15) is 4.79 Å². The molecule has 0 fully saturated rings. The van der Waals surface area contributed by atoms with Gasteiger partial charge in [0.2, 0.25) is 0 Å². The van der Waals surface area contributed by atoms with Gasteiger partial charge in [-0.25, -0.2) is 0 Å². The Morgan fingerprint density at radius 2 is 1.94 bits per heavy atom. The molecule has 1 unspecified atom stereocenters. The standard InChI is InChI=1S/C15H23NO2/c1-13(16)8-4-2-7-11-15(17)18-12-14-9-5-3-6-10-14/h3,5-6,9-10,13H,2,4,7-8,11-12,16H2,1H3. The van der Waals surface area contributed by atoms with E-state index in [1.165, 1.54) is 0 Å². The Bertz CT molecular complexity index is 336. The van der Waals surface area contributed by atoms with Crippen molar-refractivity contribution in [2.24, 2.45) is 5.73 Å². The minimum Gasteiger partial charge on any atom is -0.461 e. The van der Waals surface area contributed by atoms with Crippen LogP contribution in [0.3, 0.4) is 0 Å². The minimum absolute atomic E-state index is 0.111. The van der Waals surface area contributed by atoms with E-state index in [2.05, 4.69) is 0 Å². The highest BCUT2D eigenvalue weighted by Gasteiger charge is 2.03. The molecule has 0 spiro atoms. The Kier molecular flexibility index (Phi) is 7.11. The average molecular weight is 249 g/mol. The lowest BCUT2D eigenvalue weighted by Gasteiger charge is -2.06. The van der Waals surface area contributed by atoms with Gasteiger partial charge in [-0.15, -0.1) is 0 Å². The van der Waals surface area contributed by atoms with E-state index in [0.717, 1.165) is 31.2 Å². The molecule has 1 atom stereocenters. The lowest BCUT2D eigenvalue weighted by molar-refractivity contribution is -0.145. The van der Waals surface area contributed by atoms with Gasteiger partial charge >= 0.3 is 5.97 Å². The van der Waals surface area contributed by atoms with Gasteiger partial charge in [-0.1, -0.05) is 43.2 Å². The zero-order chi connectivity index (χ0) is 13.2. The molecule has 0 bridgehead atoms. The summed E-state index contributed by atoms with van der Waals surface area (Å²) in [6.07, 6.45) is 4.55. The van der Waals surface area contributed by atoms with Gasteiger partial charge in [0.25, 0.3) is 0 Å². The second kappa shape index (κ2) is 8.70. The van der Waals surface area contributed by atoms with Gasteiger partial charge in [-0.3, -0.25) is 4.79 Å². The van der Waals surface area contributed by atoms with Crippen LogP contribution in [-0.4, -0.2) is 12.0 Å². The highest BCUT2D eigenvalue weighted by atomic mass is 16.5. The molecule has 0 radical (unpaired) electrons. The Hall–Kier alpha value is -1.35. The molecular formula is C15H23NO2. The van der Waals surface area contributed by atoms with Crippen molar-refractivity contribution in [3.8, 4) is 0 Å². The molecule has 0 amide bonds. The third-order valence-corrected chi connectivity index (χ3v) is 2.78. The predicted octanol–water partition coefficient (Wildman–Crippen LogP) is 3.03. The van der Waals surface area contributed by atoms with Gasteiger partial charge in [0.1, 0.15) is 6.61 Å². The summed E-state index contributed by atoms with van der Waals surface area (Å²) in [6, 6.07) is 10.00. The molecule has 18 heavy (non-hydrogen) atoms. The molecule has 1 rings (SSSR count). The van der Waals surface area contributed by atoms with Crippen molar-refractivity contribution in [2.75, 3.05) is 0 Å². The number of rotatable bonds is 8. The van der Waals surface area contributed by atoms with Crippen molar-refractivity contribution in [2.45, 2.75) is 51.7 Å². The molecule has 1 aromatic carbocycles. The summed E-state index contributed by atoms with van der Waals surface area (Å²) in [4.78, 5) is 11.5. The van der Waals surface area contributed by atoms with Crippen molar-refractivity contribution in [3.63, 3.8) is 0 Å². The molecule has 3 nitrogen and oxygen atoms in total. The van der Waals surface area contributed by atoms with E-state index >= 15 is 0 Å². The Morgan fingerprint density at radius 3 is 2.61 bits per heavy atom. The van der Waals surface area contributed by atoms with E-state index in [0.29, 0.717) is 13.0 Å². The fraction of sp³-hybridized carbons (Fsp3) is 0.533. The monoisotopic (exact) mass is 249 g/mol. The summed E-state index contributed by atoms with van der Waals surface area (Å²) in [6.45, 7) is 2.38. The number of ether oxygens (including phenoxy) is 1. The van der Waals surface area contributed by atoms with Crippen LogP contribution >= 0.6 is 0 Å². The number of hydrogen-bond donors (Lipinski definition) is 1. The molecule has 100 valence electrons. The fourth-order valence-corrected chi connectivity index (χ4v) is 1.72. The van der Waals surface area contributed by atoms with Crippen molar-refractivity contribution in [1.82, 2.24) is 0 Å². The Balaban J connectivity index is 2.04. The fourth-order valence-electron chi connectivity index (χ4n) is 1.72. The van der Waals surface area contributed by atoms with E-state index in [4.69, 9.17) is 10.5 Å². The topological polar surface area (TPSA) is 52.3 Å². The van der Waals surface area contributed by atoms with Gasteiger partial charge in [-0.2, -0.15) is 0 Å². The van der Waals surface area contributed by atoms with E-state index in [1.807, 2.05) is 37.3 Å². The molecule has 0 aliphatic carbocycles. The molecule has 0 aromatic heterocycles. The van der Waals surface area contributed by atoms with E-state index in [-0.39, 0.29) is 12.0 Å². The van der Waals surface area contributed by atoms with Crippen molar-refractivity contribution >= 4 is 5.97 Å². The number of unbranched alkanes of at least 4 members (excludes halogenated alkanes) is 2. The van der Waals surface area contributed by atoms with Crippen LogP contribution in [0.15, 0.2) is 30.3 Å². The van der Waals surface area contributed by atoms with Gasteiger partial charge in [-0.05, 0) is 25.3 Å². The quantitative estimate of drug-likeness (QED) is 0.569. The first-order chi connectivity index (χ1) is 8.68. The van der Waals surface area contributed by atoms with Crippen LogP contribution in [0.1, 0.15) is 44.6 Å². The second-order valence-electron chi connectivity index (χ2n) is 4.72. The predicted molar refractivity (Wildman–Crippen MR) is 73.0 cm³/mol. The summed E-state index contributed by atoms with van der Waals surface area (Å²) < 4.78 is 5.19. The molecule has 0 aliphatic rings. The Morgan fingerprint density at radius 1 is 1.22 bits per heavy atom. The Labute approximate surface area is 109 Å². The lowest BCUT2D eigenvalue weighted by Crippen LogP contribution is -2.14. The van der Waals surface area contributed by atoms with Crippen LogP contribution in [-0.2, 0) is 16.1 Å². The first kappa shape index (κ1) is 14.7. The minimum atomic E-state index is -0.111. The maximum absolute atomic E-state index is 11.5. The first-order valence-electron chi connectivity index (χ1n) is 6.63. The first-order valence-corrected chi connectivity index (χ1v) is 6.63. The van der Waals surface area contributed by atoms with Crippen LogP contribution in [0.5, 0.6) is 0 Å². The van der Waals surface area contributed by atoms with Gasteiger partial charge in [0, 0.05) is 12.5 Å². The maximum Gasteiger partial charge on any atom is 0.306 e. The van der Waals surface area contributed by atoms with Crippen LogP contribution in [0, 0.1) is 0 Å². The number of nitrogens with two attached hydrogens (primary N) is 1. The number of hydrogen-bond acceptors (Lipinski definition) is 3. The highest BCUT2D eigenvalue weighted by Crippen LogP contribution is 2.07. The number of esters is 1.